The van der Waals surface area contributed by atoms with E-state index in [0.29, 0.717) is 23.9 Å². The standard InChI is InChI=1S/C17H19ClN2O2/c18-14-4-1-12(2-5-14)17(21)13-3-6-16(15(19)11-13)20-7-9-22-10-8-20/h1-6,11,17,21H,7-10,19H2/t17-/m0/s1. The van der Waals surface area contributed by atoms with Gasteiger partial charge in [0.2, 0.25) is 0 Å². The highest BCUT2D eigenvalue weighted by Crippen LogP contribution is 2.30. The molecular formula is C17H19ClN2O2. The summed E-state index contributed by atoms with van der Waals surface area (Å²) in [5.41, 5.74) is 9.42. The first-order chi connectivity index (χ1) is 10.6. The van der Waals surface area contributed by atoms with Gasteiger partial charge in [-0.05, 0) is 35.4 Å². The quantitative estimate of drug-likeness (QED) is 0.854. The Balaban J connectivity index is 1.83. The average Bonchev–Trinajstić information content (AvgIpc) is 2.55. The van der Waals surface area contributed by atoms with Crippen LogP contribution in [0, 0.1) is 0 Å². The van der Waals surface area contributed by atoms with Gasteiger partial charge in [-0.15, -0.1) is 0 Å². The summed E-state index contributed by atoms with van der Waals surface area (Å²) in [7, 11) is 0. The summed E-state index contributed by atoms with van der Waals surface area (Å²) in [4.78, 5) is 2.21. The first kappa shape index (κ1) is 15.2. The Hall–Kier alpha value is -1.75. The first-order valence-corrected chi connectivity index (χ1v) is 7.68. The predicted molar refractivity (Wildman–Crippen MR) is 89.4 cm³/mol. The van der Waals surface area contributed by atoms with Crippen molar-refractivity contribution in [2.24, 2.45) is 0 Å². The summed E-state index contributed by atoms with van der Waals surface area (Å²) in [6.07, 6.45) is -0.710. The van der Waals surface area contributed by atoms with Crippen molar-refractivity contribution in [2.45, 2.75) is 6.10 Å². The molecule has 5 heteroatoms. The third-order valence-electron chi connectivity index (χ3n) is 3.90. The van der Waals surface area contributed by atoms with Crippen molar-refractivity contribution < 1.29 is 9.84 Å². The maximum absolute atomic E-state index is 10.5. The molecular weight excluding hydrogens is 300 g/mol. The molecule has 0 aliphatic carbocycles. The Kier molecular flexibility index (Phi) is 4.52. The highest BCUT2D eigenvalue weighted by atomic mass is 35.5. The molecule has 1 atom stereocenters. The molecule has 0 bridgehead atoms. The Morgan fingerprint density at radius 2 is 1.68 bits per heavy atom. The minimum absolute atomic E-state index is 0.651. The number of morpholine rings is 1. The Morgan fingerprint density at radius 1 is 1.05 bits per heavy atom. The van der Waals surface area contributed by atoms with Crippen molar-refractivity contribution in [1.82, 2.24) is 0 Å². The van der Waals surface area contributed by atoms with Crippen LogP contribution in [0.1, 0.15) is 17.2 Å². The van der Waals surface area contributed by atoms with Gasteiger partial charge in [-0.3, -0.25) is 0 Å². The lowest BCUT2D eigenvalue weighted by Gasteiger charge is -2.30. The second-order valence-corrected chi connectivity index (χ2v) is 5.81. The number of nitrogens with zero attached hydrogens (tertiary/aromatic N) is 1. The number of anilines is 2. The average molecular weight is 319 g/mol. The number of nitrogens with two attached hydrogens (primary N) is 1. The van der Waals surface area contributed by atoms with Crippen molar-refractivity contribution >= 4 is 23.0 Å². The number of hydrogen-bond donors (Lipinski definition) is 2. The summed E-state index contributed by atoms with van der Waals surface area (Å²) in [5, 5.41) is 11.1. The summed E-state index contributed by atoms with van der Waals surface area (Å²) < 4.78 is 5.36. The normalized spacial score (nSPS) is 16.5. The van der Waals surface area contributed by atoms with E-state index in [1.165, 1.54) is 0 Å². The van der Waals surface area contributed by atoms with Gasteiger partial charge in [0.25, 0.3) is 0 Å². The van der Waals surface area contributed by atoms with Crippen LogP contribution in [-0.2, 0) is 4.74 Å². The van der Waals surface area contributed by atoms with Crippen LogP contribution in [-0.4, -0.2) is 31.4 Å². The van der Waals surface area contributed by atoms with Crippen LogP contribution in [0.2, 0.25) is 5.02 Å². The molecule has 0 aromatic heterocycles. The van der Waals surface area contributed by atoms with Crippen molar-refractivity contribution in [1.29, 1.82) is 0 Å². The minimum atomic E-state index is -0.710. The lowest BCUT2D eigenvalue weighted by Crippen LogP contribution is -2.36. The Bertz CT molecular complexity index is 640. The zero-order chi connectivity index (χ0) is 15.5. The molecule has 2 aromatic carbocycles. The minimum Gasteiger partial charge on any atom is -0.397 e. The van der Waals surface area contributed by atoms with Gasteiger partial charge in [0.1, 0.15) is 6.10 Å². The van der Waals surface area contributed by atoms with Crippen LogP contribution < -0.4 is 10.6 Å². The van der Waals surface area contributed by atoms with E-state index in [-0.39, 0.29) is 0 Å². The molecule has 4 nitrogen and oxygen atoms in total. The largest absolute Gasteiger partial charge is 0.397 e. The zero-order valence-corrected chi connectivity index (χ0v) is 13.0. The molecule has 3 N–H and O–H groups in total. The molecule has 1 aliphatic heterocycles. The molecule has 22 heavy (non-hydrogen) atoms. The van der Waals surface area contributed by atoms with Crippen LogP contribution in [0.25, 0.3) is 0 Å². The van der Waals surface area contributed by atoms with E-state index >= 15 is 0 Å². The van der Waals surface area contributed by atoms with Crippen molar-refractivity contribution in [3.8, 4) is 0 Å². The van der Waals surface area contributed by atoms with Gasteiger partial charge in [-0.1, -0.05) is 29.8 Å². The fourth-order valence-corrected chi connectivity index (χ4v) is 2.80. The number of rotatable bonds is 3. The monoisotopic (exact) mass is 318 g/mol. The van der Waals surface area contributed by atoms with E-state index in [0.717, 1.165) is 29.9 Å². The Morgan fingerprint density at radius 3 is 2.32 bits per heavy atom. The van der Waals surface area contributed by atoms with Gasteiger partial charge in [-0.2, -0.15) is 0 Å². The number of halogens is 1. The highest BCUT2D eigenvalue weighted by molar-refractivity contribution is 6.30. The van der Waals surface area contributed by atoms with Crippen molar-refractivity contribution in [3.05, 3.63) is 58.6 Å². The number of nitrogen functional groups attached to an aromatic ring is 1. The van der Waals surface area contributed by atoms with Crippen molar-refractivity contribution in [2.75, 3.05) is 36.9 Å². The SMILES string of the molecule is Nc1cc([C@@H](O)c2ccc(Cl)cc2)ccc1N1CCOCC1. The molecule has 3 rings (SSSR count). The van der Waals surface area contributed by atoms with E-state index < -0.39 is 6.10 Å². The van der Waals surface area contributed by atoms with E-state index in [4.69, 9.17) is 22.1 Å². The van der Waals surface area contributed by atoms with Gasteiger partial charge in [0, 0.05) is 18.1 Å². The first-order valence-electron chi connectivity index (χ1n) is 7.31. The van der Waals surface area contributed by atoms with E-state index in [1.807, 2.05) is 30.3 Å². The summed E-state index contributed by atoms with van der Waals surface area (Å²) in [5.74, 6) is 0. The topological polar surface area (TPSA) is 58.7 Å². The summed E-state index contributed by atoms with van der Waals surface area (Å²) in [6, 6.07) is 12.9. The Labute approximate surface area is 135 Å². The maximum atomic E-state index is 10.5. The van der Waals surface area contributed by atoms with Gasteiger partial charge in [0.15, 0.2) is 0 Å². The highest BCUT2D eigenvalue weighted by Gasteiger charge is 2.16. The number of ether oxygens (including phenoxy) is 1. The maximum Gasteiger partial charge on any atom is 0.104 e. The molecule has 0 spiro atoms. The number of benzene rings is 2. The molecule has 1 saturated heterocycles. The molecule has 2 aromatic rings. The lowest BCUT2D eigenvalue weighted by molar-refractivity contribution is 0.123. The molecule has 1 fully saturated rings. The number of aliphatic hydroxyl groups is 1. The second-order valence-electron chi connectivity index (χ2n) is 5.37. The fraction of sp³-hybridized carbons (Fsp3) is 0.294. The summed E-state index contributed by atoms with van der Waals surface area (Å²) >= 11 is 5.88. The number of hydrogen-bond acceptors (Lipinski definition) is 4. The van der Waals surface area contributed by atoms with Gasteiger partial charge in [-0.25, -0.2) is 0 Å². The van der Waals surface area contributed by atoms with Crippen LogP contribution in [0.3, 0.4) is 0 Å². The fourth-order valence-electron chi connectivity index (χ4n) is 2.67. The van der Waals surface area contributed by atoms with Crippen LogP contribution in [0.15, 0.2) is 42.5 Å². The van der Waals surface area contributed by atoms with Crippen LogP contribution in [0.5, 0.6) is 0 Å². The molecule has 0 unspecified atom stereocenters. The second kappa shape index (κ2) is 6.57. The van der Waals surface area contributed by atoms with Gasteiger partial charge in [0.05, 0.1) is 24.6 Å². The third-order valence-corrected chi connectivity index (χ3v) is 4.16. The predicted octanol–water partition coefficient (Wildman–Crippen LogP) is 2.84. The smallest absolute Gasteiger partial charge is 0.104 e. The molecule has 0 radical (unpaired) electrons. The molecule has 0 amide bonds. The zero-order valence-electron chi connectivity index (χ0n) is 12.2. The molecule has 0 saturated carbocycles. The van der Waals surface area contributed by atoms with Crippen LogP contribution >= 0.6 is 11.6 Å². The lowest BCUT2D eigenvalue weighted by atomic mass is 10.0. The van der Waals surface area contributed by atoms with E-state index in [1.54, 1.807) is 12.1 Å². The van der Waals surface area contributed by atoms with Gasteiger partial charge < -0.3 is 20.5 Å². The van der Waals surface area contributed by atoms with E-state index in [2.05, 4.69) is 4.90 Å². The molecule has 116 valence electrons. The van der Waals surface area contributed by atoms with E-state index in [9.17, 15) is 5.11 Å². The van der Waals surface area contributed by atoms with Crippen LogP contribution in [0.4, 0.5) is 11.4 Å². The summed E-state index contributed by atoms with van der Waals surface area (Å²) in [6.45, 7) is 3.11. The van der Waals surface area contributed by atoms with Gasteiger partial charge >= 0.3 is 0 Å². The molecule has 1 aliphatic rings. The number of aliphatic hydroxyl groups excluding tert-OH is 1. The third kappa shape index (κ3) is 3.19. The van der Waals surface area contributed by atoms with Crippen molar-refractivity contribution in [3.63, 3.8) is 0 Å². The molecule has 1 heterocycles.